The van der Waals surface area contributed by atoms with Crippen molar-refractivity contribution in [1.82, 2.24) is 4.90 Å². The molecule has 0 radical (unpaired) electrons. The first kappa shape index (κ1) is 12.3. The Bertz CT molecular complexity index is 211. The first-order valence-electron chi connectivity index (χ1n) is 3.55. The van der Waals surface area contributed by atoms with E-state index in [9.17, 15) is 18.4 Å². The summed E-state index contributed by atoms with van der Waals surface area (Å²) in [5, 5.41) is 0. The van der Waals surface area contributed by atoms with Gasteiger partial charge in [-0.15, -0.1) is 11.6 Å². The molecule has 0 aromatic rings. The quantitative estimate of drug-likeness (QED) is 0.651. The van der Waals surface area contributed by atoms with E-state index in [-0.39, 0.29) is 5.88 Å². The van der Waals surface area contributed by atoms with Gasteiger partial charge < -0.3 is 4.90 Å². The van der Waals surface area contributed by atoms with Gasteiger partial charge in [0.05, 0.1) is 11.9 Å². The van der Waals surface area contributed by atoms with Gasteiger partial charge >= 0.3 is 6.43 Å². The standard InChI is InChI=1S/C7H10ClF2NO2/c1-4(5(12)3-8)11(2)7(13)6(9)10/h4,6H,3H2,1-2H3. The van der Waals surface area contributed by atoms with E-state index < -0.39 is 24.2 Å². The van der Waals surface area contributed by atoms with E-state index in [2.05, 4.69) is 0 Å². The number of rotatable bonds is 4. The maximum atomic E-state index is 11.9. The molecule has 0 aliphatic carbocycles. The lowest BCUT2D eigenvalue weighted by Gasteiger charge is -2.22. The van der Waals surface area contributed by atoms with Crippen LogP contribution >= 0.6 is 11.6 Å². The zero-order chi connectivity index (χ0) is 10.6. The molecule has 0 rings (SSSR count). The molecule has 0 saturated carbocycles. The van der Waals surface area contributed by atoms with Gasteiger partial charge in [-0.1, -0.05) is 0 Å². The highest BCUT2D eigenvalue weighted by atomic mass is 35.5. The predicted molar refractivity (Wildman–Crippen MR) is 44.0 cm³/mol. The van der Waals surface area contributed by atoms with E-state index in [0.717, 1.165) is 7.05 Å². The minimum atomic E-state index is -3.09. The van der Waals surface area contributed by atoms with Gasteiger partial charge in [0.2, 0.25) is 0 Å². The van der Waals surface area contributed by atoms with Gasteiger partial charge in [0.1, 0.15) is 0 Å². The number of halogens is 3. The third-order valence-corrected chi connectivity index (χ3v) is 1.98. The lowest BCUT2D eigenvalue weighted by molar-refractivity contribution is -0.146. The van der Waals surface area contributed by atoms with Crippen LogP contribution in [-0.4, -0.2) is 42.0 Å². The van der Waals surface area contributed by atoms with Crippen LogP contribution in [0.2, 0.25) is 0 Å². The van der Waals surface area contributed by atoms with Gasteiger partial charge in [0, 0.05) is 7.05 Å². The average Bonchev–Trinajstić information content (AvgIpc) is 2.12. The summed E-state index contributed by atoms with van der Waals surface area (Å²) in [4.78, 5) is 22.3. The maximum absolute atomic E-state index is 11.9. The molecular weight excluding hydrogens is 204 g/mol. The van der Waals surface area contributed by atoms with E-state index in [4.69, 9.17) is 11.6 Å². The molecule has 0 spiro atoms. The van der Waals surface area contributed by atoms with Crippen LogP contribution < -0.4 is 0 Å². The number of hydrogen-bond donors (Lipinski definition) is 0. The van der Waals surface area contributed by atoms with Crippen LogP contribution in [0.15, 0.2) is 0 Å². The Balaban J connectivity index is 4.33. The fraction of sp³-hybridized carbons (Fsp3) is 0.714. The average molecular weight is 214 g/mol. The van der Waals surface area contributed by atoms with E-state index in [1.54, 1.807) is 0 Å². The summed E-state index contributed by atoms with van der Waals surface area (Å²) in [7, 11) is 1.14. The largest absolute Gasteiger partial charge is 0.331 e. The Morgan fingerprint density at radius 2 is 1.92 bits per heavy atom. The Labute approximate surface area is 79.6 Å². The SMILES string of the molecule is CC(C(=O)CCl)N(C)C(=O)C(F)F. The van der Waals surface area contributed by atoms with Crippen molar-refractivity contribution in [1.29, 1.82) is 0 Å². The van der Waals surface area contributed by atoms with Gasteiger partial charge in [-0.2, -0.15) is 8.78 Å². The minimum Gasteiger partial charge on any atom is -0.331 e. The molecule has 0 fully saturated rings. The van der Waals surface area contributed by atoms with E-state index >= 15 is 0 Å². The van der Waals surface area contributed by atoms with Crippen LogP contribution in [0.4, 0.5) is 8.78 Å². The number of hydrogen-bond acceptors (Lipinski definition) is 2. The van der Waals surface area contributed by atoms with Gasteiger partial charge in [-0.3, -0.25) is 9.59 Å². The highest BCUT2D eigenvalue weighted by Crippen LogP contribution is 2.04. The number of carbonyl (C=O) groups is 2. The first-order chi connectivity index (χ1) is 5.91. The van der Waals surface area contributed by atoms with Crippen molar-refractivity contribution in [3.63, 3.8) is 0 Å². The summed E-state index contributed by atoms with van der Waals surface area (Å²) in [6.45, 7) is 1.35. The van der Waals surface area contributed by atoms with Gasteiger partial charge in [-0.25, -0.2) is 0 Å². The molecule has 1 amide bonds. The van der Waals surface area contributed by atoms with Crippen molar-refractivity contribution < 1.29 is 18.4 Å². The van der Waals surface area contributed by atoms with Crippen LogP contribution in [0.25, 0.3) is 0 Å². The van der Waals surface area contributed by atoms with Crippen molar-refractivity contribution in [3.05, 3.63) is 0 Å². The number of Topliss-reactive ketones (excluding diaryl/α,β-unsaturated/α-hetero) is 1. The molecule has 1 atom stereocenters. The summed E-state index contributed by atoms with van der Waals surface area (Å²) in [6.07, 6.45) is -3.09. The molecule has 3 nitrogen and oxygen atoms in total. The van der Waals surface area contributed by atoms with Crippen LogP contribution in [0, 0.1) is 0 Å². The van der Waals surface area contributed by atoms with Crippen molar-refractivity contribution >= 4 is 23.3 Å². The summed E-state index contributed by atoms with van der Waals surface area (Å²) >= 11 is 5.20. The highest BCUT2D eigenvalue weighted by Gasteiger charge is 2.27. The molecule has 1 unspecified atom stereocenters. The Morgan fingerprint density at radius 3 is 2.23 bits per heavy atom. The van der Waals surface area contributed by atoms with Crippen molar-refractivity contribution in [2.45, 2.75) is 19.4 Å². The minimum absolute atomic E-state index is 0.290. The van der Waals surface area contributed by atoms with Crippen LogP contribution in [0.1, 0.15) is 6.92 Å². The molecule has 0 heterocycles. The summed E-state index contributed by atoms with van der Waals surface area (Å²) in [5.41, 5.74) is 0. The van der Waals surface area contributed by atoms with Crippen molar-refractivity contribution in [2.24, 2.45) is 0 Å². The summed E-state index contributed by atoms with van der Waals surface area (Å²) < 4.78 is 23.7. The van der Waals surface area contributed by atoms with Crippen molar-refractivity contribution in [2.75, 3.05) is 12.9 Å². The molecule has 76 valence electrons. The molecule has 6 heteroatoms. The third-order valence-electron chi connectivity index (χ3n) is 1.71. The van der Waals surface area contributed by atoms with Crippen LogP contribution in [0.5, 0.6) is 0 Å². The van der Waals surface area contributed by atoms with Crippen molar-refractivity contribution in [3.8, 4) is 0 Å². The smallest absolute Gasteiger partial charge is 0.315 e. The Morgan fingerprint density at radius 1 is 1.46 bits per heavy atom. The number of likely N-dealkylation sites (N-methyl/N-ethyl adjacent to an activating group) is 1. The number of alkyl halides is 3. The molecule has 0 bridgehead atoms. The zero-order valence-electron chi connectivity index (χ0n) is 7.26. The number of carbonyl (C=O) groups excluding carboxylic acids is 2. The molecule has 13 heavy (non-hydrogen) atoms. The van der Waals surface area contributed by atoms with E-state index in [1.807, 2.05) is 0 Å². The predicted octanol–water partition coefficient (Wildman–Crippen LogP) is 0.906. The molecule has 0 aliphatic rings. The normalized spacial score (nSPS) is 12.8. The lowest BCUT2D eigenvalue weighted by Crippen LogP contribution is -2.43. The van der Waals surface area contributed by atoms with Gasteiger partial charge in [0.15, 0.2) is 5.78 Å². The fourth-order valence-electron chi connectivity index (χ4n) is 0.672. The second-order valence-electron chi connectivity index (χ2n) is 2.53. The summed E-state index contributed by atoms with van der Waals surface area (Å²) in [6, 6.07) is -0.904. The number of ketones is 1. The molecule has 0 saturated heterocycles. The second-order valence-corrected chi connectivity index (χ2v) is 2.79. The topological polar surface area (TPSA) is 37.4 Å². The maximum Gasteiger partial charge on any atom is 0.315 e. The lowest BCUT2D eigenvalue weighted by atomic mass is 10.2. The van der Waals surface area contributed by atoms with Crippen LogP contribution in [-0.2, 0) is 9.59 Å². The summed E-state index contributed by atoms with van der Waals surface area (Å²) in [5.74, 6) is -2.12. The molecule has 0 aromatic carbocycles. The fourth-order valence-corrected chi connectivity index (χ4v) is 0.896. The Kier molecular flexibility index (Phi) is 4.83. The van der Waals surface area contributed by atoms with Crippen LogP contribution in [0.3, 0.4) is 0 Å². The molecule has 0 N–H and O–H groups in total. The Hall–Kier alpha value is -0.710. The molecule has 0 aliphatic heterocycles. The van der Waals surface area contributed by atoms with E-state index in [0.29, 0.717) is 4.90 Å². The number of nitrogens with zero attached hydrogens (tertiary/aromatic N) is 1. The van der Waals surface area contributed by atoms with Gasteiger partial charge in [-0.05, 0) is 6.92 Å². The highest BCUT2D eigenvalue weighted by molar-refractivity contribution is 6.28. The van der Waals surface area contributed by atoms with E-state index in [1.165, 1.54) is 6.92 Å². The zero-order valence-corrected chi connectivity index (χ0v) is 8.02. The molecule has 0 aromatic heterocycles. The van der Waals surface area contributed by atoms with Gasteiger partial charge in [0.25, 0.3) is 5.91 Å². The monoisotopic (exact) mass is 213 g/mol. The molecular formula is C7H10ClF2NO2. The first-order valence-corrected chi connectivity index (χ1v) is 4.08. The second kappa shape index (κ2) is 5.11. The third kappa shape index (κ3) is 3.26. The number of amides is 1.